The molecule has 3 aromatic rings. The SMILES string of the molecule is c1cnc(COc2cnc3ccccc3c2)nc1. The number of hydrogen-bond acceptors (Lipinski definition) is 4. The number of rotatable bonds is 3. The Kier molecular flexibility index (Phi) is 2.84. The van der Waals surface area contributed by atoms with Crippen molar-refractivity contribution in [2.24, 2.45) is 0 Å². The molecule has 0 spiro atoms. The van der Waals surface area contributed by atoms with Crippen LogP contribution >= 0.6 is 0 Å². The fourth-order valence-corrected chi connectivity index (χ4v) is 1.68. The monoisotopic (exact) mass is 237 g/mol. The zero-order chi connectivity index (χ0) is 12.2. The van der Waals surface area contributed by atoms with Crippen LogP contribution in [0.1, 0.15) is 5.82 Å². The molecular formula is C14H11N3O. The van der Waals surface area contributed by atoms with E-state index in [-0.39, 0.29) is 0 Å². The van der Waals surface area contributed by atoms with Crippen molar-refractivity contribution in [3.8, 4) is 5.75 Å². The lowest BCUT2D eigenvalue weighted by Crippen LogP contribution is -2.00. The molecule has 1 aromatic carbocycles. The summed E-state index contributed by atoms with van der Waals surface area (Å²) in [6, 6.07) is 11.7. The van der Waals surface area contributed by atoms with Crippen molar-refractivity contribution in [1.82, 2.24) is 15.0 Å². The molecule has 2 heterocycles. The van der Waals surface area contributed by atoms with E-state index >= 15 is 0 Å². The molecule has 4 heteroatoms. The van der Waals surface area contributed by atoms with Crippen LogP contribution in [-0.2, 0) is 6.61 Å². The van der Waals surface area contributed by atoms with E-state index in [1.54, 1.807) is 24.7 Å². The van der Waals surface area contributed by atoms with E-state index < -0.39 is 0 Å². The van der Waals surface area contributed by atoms with Gasteiger partial charge in [-0.15, -0.1) is 0 Å². The molecule has 0 saturated carbocycles. The summed E-state index contributed by atoms with van der Waals surface area (Å²) in [6.07, 6.45) is 5.11. The molecule has 0 amide bonds. The highest BCUT2D eigenvalue weighted by Crippen LogP contribution is 2.18. The molecule has 0 fully saturated rings. The molecule has 0 saturated heterocycles. The Morgan fingerprint density at radius 3 is 2.67 bits per heavy atom. The fraction of sp³-hybridized carbons (Fsp3) is 0.0714. The van der Waals surface area contributed by atoms with Crippen molar-refractivity contribution < 1.29 is 4.74 Å². The largest absolute Gasteiger partial charge is 0.484 e. The van der Waals surface area contributed by atoms with Crippen molar-refractivity contribution in [3.05, 3.63) is 60.8 Å². The Balaban J connectivity index is 1.79. The molecule has 0 unspecified atom stereocenters. The summed E-state index contributed by atoms with van der Waals surface area (Å²) >= 11 is 0. The molecule has 0 atom stereocenters. The first-order valence-electron chi connectivity index (χ1n) is 5.65. The third kappa shape index (κ3) is 2.27. The molecule has 0 N–H and O–H groups in total. The summed E-state index contributed by atoms with van der Waals surface area (Å²) in [5.74, 6) is 1.38. The Bertz CT molecular complexity index is 655. The maximum atomic E-state index is 5.61. The van der Waals surface area contributed by atoms with Gasteiger partial charge in [0.15, 0.2) is 5.82 Å². The van der Waals surface area contributed by atoms with Crippen molar-refractivity contribution in [2.45, 2.75) is 6.61 Å². The lowest BCUT2D eigenvalue weighted by molar-refractivity contribution is 0.295. The van der Waals surface area contributed by atoms with Crippen LogP contribution in [0.5, 0.6) is 5.75 Å². The van der Waals surface area contributed by atoms with Gasteiger partial charge in [0.05, 0.1) is 11.7 Å². The standard InChI is InChI=1S/C14H11N3O/c1-2-5-13-11(4-1)8-12(9-17-13)18-10-14-15-6-3-7-16-14/h1-9H,10H2. The summed E-state index contributed by atoms with van der Waals surface area (Å²) in [5, 5.41) is 1.06. The van der Waals surface area contributed by atoms with Crippen LogP contribution in [0.3, 0.4) is 0 Å². The molecule has 18 heavy (non-hydrogen) atoms. The number of hydrogen-bond donors (Lipinski definition) is 0. The zero-order valence-electron chi connectivity index (χ0n) is 9.65. The van der Waals surface area contributed by atoms with E-state index in [4.69, 9.17) is 4.74 Å². The second-order valence-electron chi connectivity index (χ2n) is 3.82. The van der Waals surface area contributed by atoms with Gasteiger partial charge in [-0.05, 0) is 18.2 Å². The first-order chi connectivity index (χ1) is 8.92. The molecule has 88 valence electrons. The van der Waals surface area contributed by atoms with Crippen molar-refractivity contribution in [3.63, 3.8) is 0 Å². The van der Waals surface area contributed by atoms with E-state index in [1.165, 1.54) is 0 Å². The van der Waals surface area contributed by atoms with E-state index in [0.29, 0.717) is 12.4 Å². The van der Waals surface area contributed by atoms with Gasteiger partial charge >= 0.3 is 0 Å². The average Bonchev–Trinajstić information content (AvgIpc) is 2.46. The molecule has 3 rings (SSSR count). The number of para-hydroxylation sites is 1. The van der Waals surface area contributed by atoms with E-state index in [9.17, 15) is 0 Å². The fourth-order valence-electron chi connectivity index (χ4n) is 1.68. The normalized spacial score (nSPS) is 10.4. The maximum Gasteiger partial charge on any atom is 0.166 e. The number of nitrogens with zero attached hydrogens (tertiary/aromatic N) is 3. The lowest BCUT2D eigenvalue weighted by atomic mass is 10.2. The van der Waals surface area contributed by atoms with Gasteiger partial charge < -0.3 is 4.74 Å². The van der Waals surface area contributed by atoms with Crippen LogP contribution in [0.15, 0.2) is 55.0 Å². The average molecular weight is 237 g/mol. The number of fused-ring (bicyclic) bond motifs is 1. The molecule has 0 bridgehead atoms. The number of benzene rings is 1. The van der Waals surface area contributed by atoms with Crippen LogP contribution in [0.4, 0.5) is 0 Å². The summed E-state index contributed by atoms with van der Waals surface area (Å²) in [4.78, 5) is 12.5. The smallest absolute Gasteiger partial charge is 0.166 e. The van der Waals surface area contributed by atoms with Crippen LogP contribution in [0.25, 0.3) is 10.9 Å². The molecule has 0 aliphatic heterocycles. The molecule has 4 nitrogen and oxygen atoms in total. The third-order valence-corrected chi connectivity index (χ3v) is 2.55. The number of pyridine rings is 1. The van der Waals surface area contributed by atoms with Crippen LogP contribution in [-0.4, -0.2) is 15.0 Å². The highest BCUT2D eigenvalue weighted by Gasteiger charge is 2.00. The third-order valence-electron chi connectivity index (χ3n) is 2.55. The Morgan fingerprint density at radius 1 is 0.944 bits per heavy atom. The highest BCUT2D eigenvalue weighted by atomic mass is 16.5. The minimum absolute atomic E-state index is 0.348. The van der Waals surface area contributed by atoms with E-state index in [1.807, 2.05) is 30.3 Å². The summed E-state index contributed by atoms with van der Waals surface area (Å²) < 4.78 is 5.61. The van der Waals surface area contributed by atoms with Gasteiger partial charge in [0, 0.05) is 17.8 Å². The zero-order valence-corrected chi connectivity index (χ0v) is 9.65. The van der Waals surface area contributed by atoms with Gasteiger partial charge in [0.1, 0.15) is 12.4 Å². The topological polar surface area (TPSA) is 47.9 Å². The second kappa shape index (κ2) is 4.79. The maximum absolute atomic E-state index is 5.61. The Hall–Kier alpha value is -2.49. The Morgan fingerprint density at radius 2 is 1.78 bits per heavy atom. The highest BCUT2D eigenvalue weighted by molar-refractivity contribution is 5.79. The van der Waals surface area contributed by atoms with Crippen molar-refractivity contribution in [2.75, 3.05) is 0 Å². The molecule has 2 aromatic heterocycles. The number of aromatic nitrogens is 3. The quantitative estimate of drug-likeness (QED) is 0.702. The summed E-state index contributed by atoms with van der Waals surface area (Å²) in [7, 11) is 0. The summed E-state index contributed by atoms with van der Waals surface area (Å²) in [5.41, 5.74) is 0.959. The van der Waals surface area contributed by atoms with Gasteiger partial charge in [-0.2, -0.15) is 0 Å². The molecule has 0 radical (unpaired) electrons. The molecule has 0 aliphatic carbocycles. The van der Waals surface area contributed by atoms with Crippen molar-refractivity contribution in [1.29, 1.82) is 0 Å². The molecule has 0 aliphatic rings. The van der Waals surface area contributed by atoms with E-state index in [0.717, 1.165) is 16.7 Å². The minimum Gasteiger partial charge on any atom is -0.484 e. The van der Waals surface area contributed by atoms with Crippen LogP contribution < -0.4 is 4.74 Å². The van der Waals surface area contributed by atoms with Crippen LogP contribution in [0, 0.1) is 0 Å². The number of ether oxygens (including phenoxy) is 1. The first kappa shape index (κ1) is 10.7. The first-order valence-corrected chi connectivity index (χ1v) is 5.65. The van der Waals surface area contributed by atoms with Gasteiger partial charge in [-0.1, -0.05) is 18.2 Å². The molecular weight excluding hydrogens is 226 g/mol. The van der Waals surface area contributed by atoms with Gasteiger partial charge in [0.25, 0.3) is 0 Å². The van der Waals surface area contributed by atoms with Crippen molar-refractivity contribution >= 4 is 10.9 Å². The van der Waals surface area contributed by atoms with E-state index in [2.05, 4.69) is 15.0 Å². The summed E-state index contributed by atoms with van der Waals surface area (Å²) in [6.45, 7) is 0.348. The predicted molar refractivity (Wildman–Crippen MR) is 68.1 cm³/mol. The lowest BCUT2D eigenvalue weighted by Gasteiger charge is -2.05. The second-order valence-corrected chi connectivity index (χ2v) is 3.82. The minimum atomic E-state index is 0.348. The predicted octanol–water partition coefficient (Wildman–Crippen LogP) is 2.60. The van der Waals surface area contributed by atoms with Gasteiger partial charge in [-0.25, -0.2) is 9.97 Å². The Labute approximate surface area is 104 Å². The van der Waals surface area contributed by atoms with Gasteiger partial charge in [0.2, 0.25) is 0 Å². The van der Waals surface area contributed by atoms with Crippen LogP contribution in [0.2, 0.25) is 0 Å². The van der Waals surface area contributed by atoms with Gasteiger partial charge in [-0.3, -0.25) is 4.98 Å².